The summed E-state index contributed by atoms with van der Waals surface area (Å²) in [5.74, 6) is 0.319. The average Bonchev–Trinajstić information content (AvgIpc) is 3.60. The molecule has 1 unspecified atom stereocenters. The fourth-order valence-corrected chi connectivity index (χ4v) is 7.41. The summed E-state index contributed by atoms with van der Waals surface area (Å²) >= 11 is 1.46. The fraction of sp³-hybridized carbons (Fsp3) is 0.286. The predicted octanol–water partition coefficient (Wildman–Crippen LogP) is 5.25. The summed E-state index contributed by atoms with van der Waals surface area (Å²) in [5, 5.41) is 0.582. The molecule has 1 saturated heterocycles. The largest absolute Gasteiger partial charge is 0.497 e. The Labute approximate surface area is 221 Å². The number of amides is 1. The normalized spacial score (nSPS) is 16.2. The van der Waals surface area contributed by atoms with E-state index in [0.29, 0.717) is 36.8 Å². The molecule has 0 aliphatic carbocycles. The van der Waals surface area contributed by atoms with Crippen LogP contribution in [0.2, 0.25) is 0 Å². The van der Waals surface area contributed by atoms with Gasteiger partial charge in [-0.15, -0.1) is 0 Å². The van der Waals surface area contributed by atoms with Crippen molar-refractivity contribution in [1.82, 2.24) is 9.29 Å². The first-order valence-electron chi connectivity index (χ1n) is 12.3. The predicted molar refractivity (Wildman–Crippen MR) is 147 cm³/mol. The molecule has 0 N–H and O–H groups in total. The first-order valence-corrected chi connectivity index (χ1v) is 14.6. The van der Waals surface area contributed by atoms with E-state index in [2.05, 4.69) is 13.0 Å². The lowest BCUT2D eigenvalue weighted by Gasteiger charge is -2.28. The quantitative estimate of drug-likeness (QED) is 0.308. The average molecular weight is 536 g/mol. The van der Waals surface area contributed by atoms with Crippen molar-refractivity contribution in [2.45, 2.75) is 43.7 Å². The Kier molecular flexibility index (Phi) is 7.28. The van der Waals surface area contributed by atoms with Crippen LogP contribution < -0.4 is 9.64 Å². The monoisotopic (exact) mass is 535 g/mol. The van der Waals surface area contributed by atoms with Gasteiger partial charge in [0.2, 0.25) is 15.9 Å². The number of sulfonamides is 1. The molecule has 0 spiro atoms. The third-order valence-corrected chi connectivity index (χ3v) is 9.67. The summed E-state index contributed by atoms with van der Waals surface area (Å²) in [6.07, 6.45) is 1.92. The van der Waals surface area contributed by atoms with E-state index < -0.39 is 16.1 Å². The van der Waals surface area contributed by atoms with E-state index >= 15 is 0 Å². The van der Waals surface area contributed by atoms with Crippen LogP contribution in [-0.2, 0) is 27.8 Å². The van der Waals surface area contributed by atoms with Gasteiger partial charge in [0.05, 0.1) is 28.8 Å². The molecule has 192 valence electrons. The Hall–Kier alpha value is -3.27. The topological polar surface area (TPSA) is 79.8 Å². The molecular weight excluding hydrogens is 506 g/mol. The Morgan fingerprint density at radius 3 is 2.54 bits per heavy atom. The Bertz CT molecular complexity index is 1500. The highest BCUT2D eigenvalue weighted by atomic mass is 32.2. The molecule has 1 fully saturated rings. The molecule has 3 aromatic carbocycles. The van der Waals surface area contributed by atoms with Gasteiger partial charge >= 0.3 is 0 Å². The summed E-state index contributed by atoms with van der Waals surface area (Å²) in [4.78, 5) is 20.8. The first kappa shape index (κ1) is 25.4. The molecule has 7 nitrogen and oxygen atoms in total. The minimum Gasteiger partial charge on any atom is -0.497 e. The highest BCUT2D eigenvalue weighted by Gasteiger charge is 2.42. The van der Waals surface area contributed by atoms with Crippen molar-refractivity contribution in [2.75, 3.05) is 18.6 Å². The number of hydrogen-bond donors (Lipinski definition) is 0. The molecule has 37 heavy (non-hydrogen) atoms. The zero-order valence-electron chi connectivity index (χ0n) is 20.8. The number of methoxy groups -OCH3 is 1. The van der Waals surface area contributed by atoms with Gasteiger partial charge in [0.1, 0.15) is 11.8 Å². The third-order valence-electron chi connectivity index (χ3n) is 6.71. The number of carbonyl (C=O) groups is 1. The molecule has 0 saturated carbocycles. The number of rotatable bonds is 8. The van der Waals surface area contributed by atoms with E-state index in [1.54, 1.807) is 17.0 Å². The smallest absolute Gasteiger partial charge is 0.247 e. The van der Waals surface area contributed by atoms with E-state index in [9.17, 15) is 13.2 Å². The van der Waals surface area contributed by atoms with Gasteiger partial charge in [-0.25, -0.2) is 13.4 Å². The van der Waals surface area contributed by atoms with Crippen LogP contribution >= 0.6 is 11.3 Å². The third kappa shape index (κ3) is 4.99. The highest BCUT2D eigenvalue weighted by molar-refractivity contribution is 7.89. The molecular formula is C28H29N3O4S2. The molecule has 0 radical (unpaired) electrons. The molecule has 2 heterocycles. The molecule has 0 bridgehead atoms. The van der Waals surface area contributed by atoms with Crippen LogP contribution in [0.25, 0.3) is 10.2 Å². The molecule has 1 atom stereocenters. The van der Waals surface area contributed by atoms with Crippen molar-refractivity contribution in [3.63, 3.8) is 0 Å². The van der Waals surface area contributed by atoms with Gasteiger partial charge in [0, 0.05) is 6.54 Å². The van der Waals surface area contributed by atoms with Crippen LogP contribution in [0.4, 0.5) is 5.13 Å². The number of thiazole rings is 1. The number of nitrogens with zero attached hydrogens (tertiary/aromatic N) is 3. The van der Waals surface area contributed by atoms with E-state index in [-0.39, 0.29) is 10.8 Å². The maximum Gasteiger partial charge on any atom is 0.247 e. The minimum absolute atomic E-state index is 0.148. The van der Waals surface area contributed by atoms with Crippen LogP contribution in [0.1, 0.15) is 30.9 Å². The van der Waals surface area contributed by atoms with Gasteiger partial charge in [-0.05, 0) is 60.7 Å². The van der Waals surface area contributed by atoms with Crippen LogP contribution in [0.5, 0.6) is 5.75 Å². The number of para-hydroxylation sites is 1. The van der Waals surface area contributed by atoms with Crippen LogP contribution in [0.3, 0.4) is 0 Å². The van der Waals surface area contributed by atoms with Crippen molar-refractivity contribution in [3.8, 4) is 5.75 Å². The molecule has 1 aliphatic heterocycles. The van der Waals surface area contributed by atoms with Crippen molar-refractivity contribution in [1.29, 1.82) is 0 Å². The van der Waals surface area contributed by atoms with Gasteiger partial charge in [-0.2, -0.15) is 4.31 Å². The van der Waals surface area contributed by atoms with Crippen molar-refractivity contribution in [2.24, 2.45) is 0 Å². The van der Waals surface area contributed by atoms with E-state index in [0.717, 1.165) is 27.8 Å². The van der Waals surface area contributed by atoms with Crippen LogP contribution in [0.15, 0.2) is 77.7 Å². The highest BCUT2D eigenvalue weighted by Crippen LogP contribution is 2.35. The Balaban J connectivity index is 1.52. The second kappa shape index (κ2) is 10.6. The lowest BCUT2D eigenvalue weighted by atomic mass is 10.1. The molecule has 1 aromatic heterocycles. The Morgan fingerprint density at radius 2 is 1.84 bits per heavy atom. The summed E-state index contributed by atoms with van der Waals surface area (Å²) in [6.45, 7) is 2.69. The lowest BCUT2D eigenvalue weighted by molar-refractivity contribution is -0.121. The van der Waals surface area contributed by atoms with Gasteiger partial charge < -0.3 is 4.74 Å². The van der Waals surface area contributed by atoms with Gasteiger partial charge in [-0.3, -0.25) is 9.69 Å². The second-order valence-corrected chi connectivity index (χ2v) is 11.9. The number of hydrogen-bond acceptors (Lipinski definition) is 6. The summed E-state index contributed by atoms with van der Waals surface area (Å²) in [5.41, 5.74) is 2.97. The number of anilines is 1. The van der Waals surface area contributed by atoms with Crippen molar-refractivity contribution in [3.05, 3.63) is 83.9 Å². The second-order valence-electron chi connectivity index (χ2n) is 8.97. The maximum atomic E-state index is 14.1. The standard InChI is InChI=1S/C28H29N3O4S2/c1-3-21-11-7-13-25-26(21)29-28(36-25)30(19-20-9-5-4-6-10-20)27(32)24-12-8-18-31(24)37(33,34)23-16-14-22(35-2)15-17-23/h4-7,9-11,13-17,24H,3,8,12,18-19H2,1-2H3. The molecule has 1 amide bonds. The van der Waals surface area contributed by atoms with Crippen molar-refractivity contribution < 1.29 is 17.9 Å². The molecule has 5 rings (SSSR count). The van der Waals surface area contributed by atoms with Crippen molar-refractivity contribution >= 4 is 42.6 Å². The molecule has 9 heteroatoms. The lowest BCUT2D eigenvalue weighted by Crippen LogP contribution is -2.47. The molecule has 1 aliphatic rings. The number of carbonyl (C=O) groups excluding carboxylic acids is 1. The van der Waals surface area contributed by atoms with Crippen LogP contribution in [-0.4, -0.2) is 43.3 Å². The summed E-state index contributed by atoms with van der Waals surface area (Å²) in [6, 6.07) is 21.3. The number of ether oxygens (including phenoxy) is 1. The minimum atomic E-state index is -3.87. The molecule has 4 aromatic rings. The van der Waals surface area contributed by atoms with E-state index in [1.165, 1.54) is 34.9 Å². The summed E-state index contributed by atoms with van der Waals surface area (Å²) < 4.78 is 34.7. The maximum absolute atomic E-state index is 14.1. The summed E-state index contributed by atoms with van der Waals surface area (Å²) in [7, 11) is -2.34. The fourth-order valence-electron chi connectivity index (χ4n) is 4.74. The van der Waals surface area contributed by atoms with Gasteiger partial charge in [0.15, 0.2) is 5.13 Å². The number of fused-ring (bicyclic) bond motifs is 1. The number of benzene rings is 3. The first-order chi connectivity index (χ1) is 17.9. The van der Waals surface area contributed by atoms with Crippen LogP contribution in [0, 0.1) is 0 Å². The zero-order valence-corrected chi connectivity index (χ0v) is 22.5. The SMILES string of the molecule is CCc1cccc2sc(N(Cc3ccccc3)C(=O)C3CCCN3S(=O)(=O)c3ccc(OC)cc3)nc12. The van der Waals surface area contributed by atoms with E-state index in [1.807, 2.05) is 42.5 Å². The van der Waals surface area contributed by atoms with E-state index in [4.69, 9.17) is 9.72 Å². The van der Waals surface area contributed by atoms with Gasteiger partial charge in [0.25, 0.3) is 0 Å². The zero-order chi connectivity index (χ0) is 26.0. The number of aromatic nitrogens is 1. The van der Waals surface area contributed by atoms with Gasteiger partial charge in [-0.1, -0.05) is 60.7 Å². The number of aryl methyl sites for hydroxylation is 1. The Morgan fingerprint density at radius 1 is 1.08 bits per heavy atom.